The van der Waals surface area contributed by atoms with Crippen molar-refractivity contribution < 1.29 is 4.39 Å². The van der Waals surface area contributed by atoms with Gasteiger partial charge in [0.05, 0.1) is 12.2 Å². The number of allylic oxidation sites excluding steroid dienone is 12. The summed E-state index contributed by atoms with van der Waals surface area (Å²) < 4.78 is 13.1. The van der Waals surface area contributed by atoms with Crippen LogP contribution in [0.1, 0.15) is 29.2 Å². The predicted molar refractivity (Wildman–Crippen MR) is 153 cm³/mol. The van der Waals surface area contributed by atoms with E-state index < -0.39 is 14.2 Å². The van der Waals surface area contributed by atoms with Crippen LogP contribution in [0.4, 0.5) is 4.39 Å². The van der Waals surface area contributed by atoms with E-state index in [1.54, 1.807) is 12.2 Å². The number of alkyl halides is 1. The first-order valence-corrected chi connectivity index (χ1v) is 13.8. The summed E-state index contributed by atoms with van der Waals surface area (Å²) in [6.07, 6.45) is 20.8. The summed E-state index contributed by atoms with van der Waals surface area (Å²) in [5.74, 6) is 2.38. The van der Waals surface area contributed by atoms with Crippen LogP contribution < -0.4 is 0 Å². The zero-order chi connectivity index (χ0) is 24.7. The fourth-order valence-electron chi connectivity index (χ4n) is 5.04. The Morgan fingerprint density at radius 3 is 2.66 bits per heavy atom. The molecule has 1 heterocycles. The van der Waals surface area contributed by atoms with E-state index in [4.69, 9.17) is 0 Å². The van der Waals surface area contributed by atoms with Gasteiger partial charge in [-0.25, -0.2) is 4.39 Å². The molecule has 0 saturated carbocycles. The minimum atomic E-state index is -0.646. The molecule has 1 aliphatic heterocycles. The van der Waals surface area contributed by atoms with Crippen molar-refractivity contribution in [2.75, 3.05) is 13.3 Å². The number of fused-ring (bicyclic) bond motifs is 4. The summed E-state index contributed by atoms with van der Waals surface area (Å²) in [5, 5.41) is -0.349. The number of halogens is 1. The van der Waals surface area contributed by atoms with Crippen molar-refractivity contribution in [3.05, 3.63) is 155 Å². The van der Waals surface area contributed by atoms with Crippen LogP contribution in [0.25, 0.3) is 5.57 Å². The average Bonchev–Trinajstić information content (AvgIpc) is 2.88. The van der Waals surface area contributed by atoms with E-state index in [2.05, 4.69) is 104 Å². The van der Waals surface area contributed by atoms with Crippen LogP contribution in [-0.2, 0) is 11.6 Å². The maximum absolute atomic E-state index is 13.1. The minimum Gasteiger partial charge on any atom is -0.247 e. The van der Waals surface area contributed by atoms with E-state index in [0.717, 1.165) is 28.7 Å². The van der Waals surface area contributed by atoms with Gasteiger partial charge in [-0.05, 0) is 42.2 Å². The molecule has 1 spiro atoms. The molecule has 2 atom stereocenters. The van der Waals surface area contributed by atoms with Crippen molar-refractivity contribution in [2.24, 2.45) is 0 Å². The zero-order valence-electron chi connectivity index (χ0n) is 20.4. The van der Waals surface area contributed by atoms with Crippen LogP contribution in [0.15, 0.2) is 133 Å². The van der Waals surface area contributed by atoms with Crippen LogP contribution >= 0.6 is 7.55 Å². The third-order valence-electron chi connectivity index (χ3n) is 6.49. The van der Waals surface area contributed by atoms with E-state index in [0.29, 0.717) is 0 Å². The van der Waals surface area contributed by atoms with Gasteiger partial charge in [0.1, 0.15) is 20.0 Å². The van der Waals surface area contributed by atoms with Gasteiger partial charge in [0.25, 0.3) is 0 Å². The lowest BCUT2D eigenvalue weighted by molar-refractivity contribution is 0.561. The molecule has 2 aromatic rings. The summed E-state index contributed by atoms with van der Waals surface area (Å²) in [6, 6.07) is 17.5. The summed E-state index contributed by atoms with van der Waals surface area (Å²) in [4.78, 5) is 0. The lowest BCUT2D eigenvalue weighted by atomic mass is 9.74. The molecule has 2 aromatic carbocycles. The Balaban J connectivity index is 2.21. The minimum absolute atomic E-state index is 0.349. The molecule has 0 radical (unpaired) electrons. The number of hydrogen-bond acceptors (Lipinski definition) is 0. The van der Waals surface area contributed by atoms with Gasteiger partial charge >= 0.3 is 0 Å². The molecule has 0 bridgehead atoms. The summed E-state index contributed by atoms with van der Waals surface area (Å²) >= 11 is 0. The highest BCUT2D eigenvalue weighted by atomic mass is 31.1. The fourth-order valence-corrected chi connectivity index (χ4v) is 7.32. The van der Waals surface area contributed by atoms with Gasteiger partial charge in [-0.2, -0.15) is 0 Å². The van der Waals surface area contributed by atoms with Gasteiger partial charge in [0, 0.05) is 16.7 Å². The molecule has 0 aromatic heterocycles. The van der Waals surface area contributed by atoms with Crippen LogP contribution in [0, 0.1) is 0 Å². The van der Waals surface area contributed by atoms with Gasteiger partial charge < -0.3 is 0 Å². The van der Waals surface area contributed by atoms with Crippen molar-refractivity contribution in [1.29, 1.82) is 0 Å². The SMILES string of the molecule is C=C/C=C(\C=C/CF)C1=C=C(/C=C\C=C/C)C2(c3ccccc3C/C=C\C=[P+]2C)c2ccccc21. The molecule has 2 aliphatic rings. The van der Waals surface area contributed by atoms with E-state index >= 15 is 0 Å². The lowest BCUT2D eigenvalue weighted by Gasteiger charge is -2.35. The van der Waals surface area contributed by atoms with Crippen molar-refractivity contribution in [2.45, 2.75) is 18.5 Å². The van der Waals surface area contributed by atoms with Gasteiger partial charge in [-0.3, -0.25) is 0 Å². The first kappa shape index (κ1) is 24.6. The van der Waals surface area contributed by atoms with Crippen LogP contribution in [0.5, 0.6) is 0 Å². The van der Waals surface area contributed by atoms with Gasteiger partial charge in [-0.15, -0.1) is 5.73 Å². The van der Waals surface area contributed by atoms with Gasteiger partial charge in [-0.1, -0.05) is 104 Å². The molecule has 2 unspecified atom stereocenters. The van der Waals surface area contributed by atoms with Crippen LogP contribution in [0.3, 0.4) is 0 Å². The molecule has 174 valence electrons. The maximum Gasteiger partial charge on any atom is 0.209 e. The Bertz CT molecular complexity index is 1370. The lowest BCUT2D eigenvalue weighted by Crippen LogP contribution is -2.31. The normalized spacial score (nSPS) is 21.8. The van der Waals surface area contributed by atoms with Crippen molar-refractivity contribution in [1.82, 2.24) is 0 Å². The number of hydrogen-bond donors (Lipinski definition) is 0. The van der Waals surface area contributed by atoms with E-state index in [9.17, 15) is 4.39 Å². The Hall–Kier alpha value is -3.50. The Morgan fingerprint density at radius 2 is 1.89 bits per heavy atom. The Labute approximate surface area is 210 Å². The quantitative estimate of drug-likeness (QED) is 0.222. The third-order valence-corrected chi connectivity index (χ3v) is 8.89. The van der Waals surface area contributed by atoms with E-state index in [1.165, 1.54) is 16.7 Å². The first-order valence-electron chi connectivity index (χ1n) is 12.0. The summed E-state index contributed by atoms with van der Waals surface area (Å²) in [5.41, 5.74) is 11.9. The molecular weight excluding hydrogens is 446 g/mol. The molecule has 0 saturated heterocycles. The van der Waals surface area contributed by atoms with Gasteiger partial charge in [0.2, 0.25) is 5.16 Å². The second-order valence-corrected chi connectivity index (χ2v) is 10.7. The molecule has 0 nitrogen and oxygen atoms in total. The third kappa shape index (κ3) is 4.59. The molecule has 1 aliphatic carbocycles. The predicted octanol–water partition coefficient (Wildman–Crippen LogP) is 8.65. The highest BCUT2D eigenvalue weighted by molar-refractivity contribution is 7.58. The van der Waals surface area contributed by atoms with Crippen LogP contribution in [-0.4, -0.2) is 19.1 Å². The molecule has 4 rings (SSSR count). The second kappa shape index (κ2) is 11.3. The fraction of sp³-hybridized carbons (Fsp3) is 0.152. The maximum atomic E-state index is 13.1. The smallest absolute Gasteiger partial charge is 0.209 e. The van der Waals surface area contributed by atoms with Gasteiger partial charge in [0.15, 0.2) is 0 Å². The molecule has 0 N–H and O–H groups in total. The number of rotatable bonds is 6. The molecule has 2 heteroatoms. The standard InChI is InChI=1S/C33H31FP/c1-4-6-7-19-28-25-30(26(15-5-2)18-14-23-34)29-20-9-11-22-32(29)33(28)31-21-10-8-16-27(31)17-12-13-24-35(33)3/h4-16,18-22,24H,2,17,23H2,1,3H3/q+1/b6-4-,13-12-,18-14-,19-7-,26-15+. The highest BCUT2D eigenvalue weighted by Crippen LogP contribution is 2.60. The van der Waals surface area contributed by atoms with Crippen molar-refractivity contribution in [3.8, 4) is 0 Å². The molecule has 35 heavy (non-hydrogen) atoms. The zero-order valence-corrected chi connectivity index (χ0v) is 21.3. The highest BCUT2D eigenvalue weighted by Gasteiger charge is 2.52. The average molecular weight is 478 g/mol. The Kier molecular flexibility index (Phi) is 7.94. The molecule has 0 fully saturated rings. The van der Waals surface area contributed by atoms with Crippen LogP contribution in [0.2, 0.25) is 0 Å². The molecular formula is C33H31FP+. The second-order valence-electron chi connectivity index (χ2n) is 8.52. The topological polar surface area (TPSA) is 0 Å². The van der Waals surface area contributed by atoms with Crippen molar-refractivity contribution >= 4 is 18.9 Å². The monoisotopic (exact) mass is 477 g/mol. The number of benzene rings is 2. The summed E-state index contributed by atoms with van der Waals surface area (Å²) in [6.45, 7) is 7.77. The molecule has 0 amide bonds. The van der Waals surface area contributed by atoms with Crippen molar-refractivity contribution in [3.63, 3.8) is 0 Å². The van der Waals surface area contributed by atoms with E-state index in [1.807, 2.05) is 25.2 Å². The van der Waals surface area contributed by atoms with E-state index in [-0.39, 0.29) is 5.16 Å². The summed E-state index contributed by atoms with van der Waals surface area (Å²) in [7, 11) is -0.646. The largest absolute Gasteiger partial charge is 0.247 e. The first-order chi connectivity index (χ1) is 17.2. The Morgan fingerprint density at radius 1 is 1.11 bits per heavy atom.